The fraction of sp³-hybridized carbons (Fsp3) is 0.316. The first-order chi connectivity index (χ1) is 10.7. The second kappa shape index (κ2) is 6.65. The van der Waals surface area contributed by atoms with Crippen LogP contribution in [-0.2, 0) is 28.8 Å². The van der Waals surface area contributed by atoms with Gasteiger partial charge in [0.15, 0.2) is 0 Å². The second-order valence-corrected chi connectivity index (χ2v) is 5.81. The van der Waals surface area contributed by atoms with Gasteiger partial charge < -0.3 is 10.1 Å². The average molecular weight is 295 g/mol. The van der Waals surface area contributed by atoms with Crippen LogP contribution in [0.1, 0.15) is 23.1 Å². The zero-order valence-corrected chi connectivity index (χ0v) is 12.8. The van der Waals surface area contributed by atoms with Gasteiger partial charge >= 0.3 is 5.97 Å². The summed E-state index contributed by atoms with van der Waals surface area (Å²) in [6, 6.07) is 17.2. The maximum absolute atomic E-state index is 11.4. The van der Waals surface area contributed by atoms with Crippen LogP contribution in [0.4, 0.5) is 5.69 Å². The molecule has 3 rings (SSSR count). The number of fused-ring (bicyclic) bond motifs is 1. The van der Waals surface area contributed by atoms with Crippen LogP contribution >= 0.6 is 0 Å². The number of nitrogens with one attached hydrogen (secondary N) is 1. The molecule has 0 unspecified atom stereocenters. The first-order valence-corrected chi connectivity index (χ1v) is 7.73. The van der Waals surface area contributed by atoms with Gasteiger partial charge in [-0.25, -0.2) is 0 Å². The van der Waals surface area contributed by atoms with Gasteiger partial charge in [-0.2, -0.15) is 0 Å². The van der Waals surface area contributed by atoms with E-state index in [1.807, 2.05) is 18.2 Å². The van der Waals surface area contributed by atoms with Crippen LogP contribution < -0.4 is 5.32 Å². The molecule has 0 spiro atoms. The second-order valence-electron chi connectivity index (χ2n) is 5.81. The lowest BCUT2D eigenvalue weighted by Gasteiger charge is -2.26. The summed E-state index contributed by atoms with van der Waals surface area (Å²) in [4.78, 5) is 11.4. The molecule has 114 valence electrons. The number of methoxy groups -OCH3 is 1. The Balaban J connectivity index is 1.67. The highest BCUT2D eigenvalue weighted by Gasteiger charge is 2.18. The summed E-state index contributed by atoms with van der Waals surface area (Å²) in [5.74, 6) is -0.205. The monoisotopic (exact) mass is 295 g/mol. The molecule has 3 heteroatoms. The van der Waals surface area contributed by atoms with Crippen LogP contribution in [0.15, 0.2) is 48.5 Å². The average Bonchev–Trinajstić information content (AvgIpc) is 2.55. The summed E-state index contributed by atoms with van der Waals surface area (Å²) < 4.78 is 4.72. The minimum absolute atomic E-state index is 0.205. The van der Waals surface area contributed by atoms with Crippen LogP contribution in [0, 0.1) is 0 Å². The van der Waals surface area contributed by atoms with E-state index in [-0.39, 0.29) is 5.97 Å². The summed E-state index contributed by atoms with van der Waals surface area (Å²) in [6.07, 6.45) is 3.63. The zero-order chi connectivity index (χ0) is 15.4. The Morgan fingerprint density at radius 2 is 2.00 bits per heavy atom. The molecule has 22 heavy (non-hydrogen) atoms. The molecule has 0 radical (unpaired) electrons. The molecule has 0 bridgehead atoms. The van der Waals surface area contributed by atoms with Gasteiger partial charge in [0.2, 0.25) is 0 Å². The lowest BCUT2D eigenvalue weighted by Crippen LogP contribution is -2.27. The third-order valence-electron chi connectivity index (χ3n) is 4.22. The number of benzene rings is 2. The predicted octanol–water partition coefficient (Wildman–Crippen LogP) is 3.37. The molecule has 0 amide bonds. The van der Waals surface area contributed by atoms with E-state index in [4.69, 9.17) is 4.74 Å². The van der Waals surface area contributed by atoms with E-state index in [2.05, 4.69) is 35.6 Å². The number of aryl methyl sites for hydroxylation is 1. The molecule has 1 aliphatic carbocycles. The molecule has 0 saturated carbocycles. The molecule has 1 N–H and O–H groups in total. The molecule has 0 fully saturated rings. The van der Waals surface area contributed by atoms with Crippen LogP contribution in [0.3, 0.4) is 0 Å². The molecular formula is C19H21NO2. The van der Waals surface area contributed by atoms with Crippen molar-refractivity contribution >= 4 is 11.7 Å². The lowest BCUT2D eigenvalue weighted by molar-refractivity contribution is -0.139. The van der Waals surface area contributed by atoms with Crippen molar-refractivity contribution in [3.8, 4) is 0 Å². The molecule has 0 saturated heterocycles. The minimum Gasteiger partial charge on any atom is -0.469 e. The van der Waals surface area contributed by atoms with Crippen molar-refractivity contribution in [2.24, 2.45) is 0 Å². The smallest absolute Gasteiger partial charge is 0.309 e. The first-order valence-electron chi connectivity index (χ1n) is 7.73. The van der Waals surface area contributed by atoms with Crippen LogP contribution in [0.25, 0.3) is 0 Å². The molecular weight excluding hydrogens is 274 g/mol. The lowest BCUT2D eigenvalue weighted by atomic mass is 9.88. The molecule has 1 aliphatic rings. The Labute approximate surface area is 131 Å². The quantitative estimate of drug-likeness (QED) is 0.879. The van der Waals surface area contributed by atoms with E-state index in [1.165, 1.54) is 18.2 Å². The molecule has 0 aromatic heterocycles. The van der Waals surface area contributed by atoms with E-state index in [0.717, 1.165) is 30.5 Å². The van der Waals surface area contributed by atoms with Gasteiger partial charge in [0.05, 0.1) is 13.5 Å². The maximum Gasteiger partial charge on any atom is 0.309 e. The van der Waals surface area contributed by atoms with Gasteiger partial charge in [-0.3, -0.25) is 4.79 Å². The van der Waals surface area contributed by atoms with Gasteiger partial charge in [-0.05, 0) is 48.1 Å². The molecule has 2 aromatic rings. The number of ether oxygens (including phenoxy) is 1. The summed E-state index contributed by atoms with van der Waals surface area (Å²) in [7, 11) is 1.42. The van der Waals surface area contributed by atoms with Gasteiger partial charge in [-0.15, -0.1) is 0 Å². The fourth-order valence-electron chi connectivity index (χ4n) is 3.07. The van der Waals surface area contributed by atoms with Gasteiger partial charge in [0, 0.05) is 11.7 Å². The van der Waals surface area contributed by atoms with E-state index < -0.39 is 0 Å². The Kier molecular flexibility index (Phi) is 4.42. The van der Waals surface area contributed by atoms with Crippen molar-refractivity contribution in [1.29, 1.82) is 0 Å². The normalized spacial score (nSPS) is 16.7. The van der Waals surface area contributed by atoms with Crippen LogP contribution in [0.5, 0.6) is 0 Å². The maximum atomic E-state index is 11.4. The van der Waals surface area contributed by atoms with Gasteiger partial charge in [0.1, 0.15) is 0 Å². The highest BCUT2D eigenvalue weighted by atomic mass is 16.5. The number of hydrogen-bond acceptors (Lipinski definition) is 3. The standard InChI is InChI=1S/C19H21NO2/c1-22-19(21)12-14-5-4-8-17(11-14)20-18-10-9-15-6-2-3-7-16(15)13-18/h2-8,11,18,20H,9-10,12-13H2,1H3/t18-/m1/s1. The molecule has 0 aliphatic heterocycles. The number of carbonyl (C=O) groups excluding carboxylic acids is 1. The van der Waals surface area contributed by atoms with E-state index in [9.17, 15) is 4.79 Å². The SMILES string of the molecule is COC(=O)Cc1cccc(N[C@@H]2CCc3ccccc3C2)c1. The number of hydrogen-bond donors (Lipinski definition) is 1. The van der Waals surface area contributed by atoms with Crippen molar-refractivity contribution in [2.45, 2.75) is 31.7 Å². The van der Waals surface area contributed by atoms with E-state index >= 15 is 0 Å². The van der Waals surface area contributed by atoms with Crippen molar-refractivity contribution < 1.29 is 9.53 Å². The van der Waals surface area contributed by atoms with Gasteiger partial charge in [0.25, 0.3) is 0 Å². The number of rotatable bonds is 4. The van der Waals surface area contributed by atoms with Gasteiger partial charge in [-0.1, -0.05) is 36.4 Å². The molecule has 3 nitrogen and oxygen atoms in total. The molecule has 1 atom stereocenters. The third kappa shape index (κ3) is 3.48. The Hall–Kier alpha value is -2.29. The fourth-order valence-corrected chi connectivity index (χ4v) is 3.07. The third-order valence-corrected chi connectivity index (χ3v) is 4.22. The molecule has 2 aromatic carbocycles. The molecule has 0 heterocycles. The van der Waals surface area contributed by atoms with E-state index in [0.29, 0.717) is 12.5 Å². The van der Waals surface area contributed by atoms with Crippen LogP contribution in [0.2, 0.25) is 0 Å². The van der Waals surface area contributed by atoms with Crippen molar-refractivity contribution in [3.05, 3.63) is 65.2 Å². The van der Waals surface area contributed by atoms with Crippen LogP contribution in [-0.4, -0.2) is 19.1 Å². The zero-order valence-electron chi connectivity index (χ0n) is 12.8. The first kappa shape index (κ1) is 14.6. The minimum atomic E-state index is -0.205. The highest BCUT2D eigenvalue weighted by molar-refractivity contribution is 5.72. The summed E-state index contributed by atoms with van der Waals surface area (Å²) in [6.45, 7) is 0. The Bertz CT molecular complexity index is 666. The highest BCUT2D eigenvalue weighted by Crippen LogP contribution is 2.24. The summed E-state index contributed by atoms with van der Waals surface area (Å²) in [5, 5.41) is 3.60. The van der Waals surface area contributed by atoms with E-state index in [1.54, 1.807) is 0 Å². The van der Waals surface area contributed by atoms with Crippen molar-refractivity contribution in [2.75, 3.05) is 12.4 Å². The topological polar surface area (TPSA) is 38.3 Å². The van der Waals surface area contributed by atoms with Crippen molar-refractivity contribution in [3.63, 3.8) is 0 Å². The summed E-state index contributed by atoms with van der Waals surface area (Å²) in [5.41, 5.74) is 4.97. The number of carbonyl (C=O) groups is 1. The number of esters is 1. The van der Waals surface area contributed by atoms with Crippen molar-refractivity contribution in [1.82, 2.24) is 0 Å². The predicted molar refractivity (Wildman–Crippen MR) is 88.0 cm³/mol. The Morgan fingerprint density at radius 3 is 2.82 bits per heavy atom. The number of anilines is 1. The summed E-state index contributed by atoms with van der Waals surface area (Å²) >= 11 is 0. The Morgan fingerprint density at radius 1 is 1.18 bits per heavy atom. The largest absolute Gasteiger partial charge is 0.469 e.